The highest BCUT2D eigenvalue weighted by atomic mass is 19.3. The summed E-state index contributed by atoms with van der Waals surface area (Å²) in [5, 5.41) is 15.9. The molecule has 5 heterocycles. The molecule has 10 heteroatoms. The van der Waals surface area contributed by atoms with E-state index in [4.69, 9.17) is 4.98 Å². The molecule has 0 saturated carbocycles. The van der Waals surface area contributed by atoms with Gasteiger partial charge in [0.1, 0.15) is 5.82 Å². The van der Waals surface area contributed by atoms with Crippen molar-refractivity contribution in [3.63, 3.8) is 0 Å². The molecule has 8 nitrogen and oxygen atoms in total. The van der Waals surface area contributed by atoms with Gasteiger partial charge in [0.05, 0.1) is 30.0 Å². The molecule has 1 N–H and O–H groups in total. The van der Waals surface area contributed by atoms with Gasteiger partial charge in [-0.25, -0.2) is 13.8 Å². The second-order valence-corrected chi connectivity index (χ2v) is 9.34. The number of likely N-dealkylation sites (tertiary alicyclic amines) is 1. The number of aryl methyl sites for hydroxylation is 1. The zero-order valence-corrected chi connectivity index (χ0v) is 19.8. The van der Waals surface area contributed by atoms with Gasteiger partial charge in [0.25, 0.3) is 5.92 Å². The van der Waals surface area contributed by atoms with Crippen molar-refractivity contribution in [2.75, 3.05) is 25.0 Å². The Labute approximate surface area is 202 Å². The lowest BCUT2D eigenvalue weighted by Gasteiger charge is -2.15. The third-order valence-corrected chi connectivity index (χ3v) is 6.21. The summed E-state index contributed by atoms with van der Waals surface area (Å²) < 4.78 is 28.5. The highest BCUT2D eigenvalue weighted by molar-refractivity contribution is 5.81. The molecule has 1 aliphatic heterocycles. The maximum Gasteiger partial charge on any atom is 0.261 e. The van der Waals surface area contributed by atoms with Gasteiger partial charge in [-0.2, -0.15) is 10.2 Å². The number of pyridine rings is 2. The molecule has 1 aliphatic rings. The maximum absolute atomic E-state index is 13.3. The molecular formula is C25H28F2N8. The standard InChI is InChI=1S/C25H28F2N8/c1-17(2)18-11-24(33-29-13-18)32-23-5-4-21-22(31-23)10-19(12-28-21)20-14-30-35(15-20)8-3-7-34-9-6-25(26,27)16-34/h4-5,10-15,17H,3,6-9,16H2,1-2H3,(H,31,32,33). The molecule has 1 saturated heterocycles. The van der Waals surface area contributed by atoms with Crippen molar-refractivity contribution >= 4 is 22.7 Å². The molecule has 0 aliphatic carbocycles. The molecule has 1 fully saturated rings. The summed E-state index contributed by atoms with van der Waals surface area (Å²) in [6, 6.07) is 7.74. The molecule has 0 spiro atoms. The highest BCUT2D eigenvalue weighted by Gasteiger charge is 2.37. The lowest BCUT2D eigenvalue weighted by molar-refractivity contribution is 0.0120. The number of fused-ring (bicyclic) bond motifs is 1. The first kappa shape index (κ1) is 23.2. The van der Waals surface area contributed by atoms with Crippen molar-refractivity contribution in [3.05, 3.63) is 54.6 Å². The second-order valence-electron chi connectivity index (χ2n) is 9.34. The Bertz CT molecular complexity index is 1320. The Hall–Kier alpha value is -3.53. The molecule has 0 aromatic carbocycles. The van der Waals surface area contributed by atoms with E-state index < -0.39 is 5.92 Å². The molecule has 5 rings (SSSR count). The van der Waals surface area contributed by atoms with E-state index in [1.165, 1.54) is 0 Å². The molecule has 0 unspecified atom stereocenters. The number of anilines is 2. The van der Waals surface area contributed by atoms with Crippen LogP contribution in [0.1, 0.15) is 38.2 Å². The topological polar surface area (TPSA) is 84.7 Å². The lowest BCUT2D eigenvalue weighted by atomic mass is 10.1. The van der Waals surface area contributed by atoms with Crippen molar-refractivity contribution in [2.24, 2.45) is 0 Å². The number of aromatic nitrogens is 6. The molecule has 0 amide bonds. The van der Waals surface area contributed by atoms with Crippen LogP contribution in [-0.2, 0) is 6.54 Å². The Kier molecular flexibility index (Phi) is 6.38. The monoisotopic (exact) mass is 478 g/mol. The molecule has 35 heavy (non-hydrogen) atoms. The van der Waals surface area contributed by atoms with Crippen molar-refractivity contribution < 1.29 is 8.78 Å². The Morgan fingerprint density at radius 2 is 1.91 bits per heavy atom. The minimum atomic E-state index is -2.54. The van der Waals surface area contributed by atoms with E-state index in [2.05, 4.69) is 39.4 Å². The van der Waals surface area contributed by atoms with E-state index in [0.29, 0.717) is 37.2 Å². The van der Waals surface area contributed by atoms with E-state index >= 15 is 0 Å². The van der Waals surface area contributed by atoms with Gasteiger partial charge in [0.15, 0.2) is 5.82 Å². The van der Waals surface area contributed by atoms with E-state index in [-0.39, 0.29) is 13.0 Å². The first-order valence-corrected chi connectivity index (χ1v) is 11.8. The Morgan fingerprint density at radius 1 is 1.03 bits per heavy atom. The number of alkyl halides is 2. The van der Waals surface area contributed by atoms with Gasteiger partial charge in [-0.15, -0.1) is 5.10 Å². The summed E-state index contributed by atoms with van der Waals surface area (Å²) in [4.78, 5) is 11.1. The number of hydrogen-bond acceptors (Lipinski definition) is 7. The molecule has 4 aromatic rings. The van der Waals surface area contributed by atoms with Crippen LogP contribution >= 0.6 is 0 Å². The highest BCUT2D eigenvalue weighted by Crippen LogP contribution is 2.27. The zero-order chi connectivity index (χ0) is 24.4. The third-order valence-electron chi connectivity index (χ3n) is 6.21. The van der Waals surface area contributed by atoms with Crippen LogP contribution in [0.2, 0.25) is 0 Å². The number of halogens is 2. The van der Waals surface area contributed by atoms with Gasteiger partial charge in [-0.05, 0) is 42.2 Å². The normalized spacial score (nSPS) is 15.8. The van der Waals surface area contributed by atoms with Crippen molar-refractivity contribution in [3.8, 4) is 11.1 Å². The SMILES string of the molecule is CC(C)c1cnnc(Nc2ccc3ncc(-c4cnn(CCCN5CCC(F)(F)C5)c4)cc3n2)c1. The van der Waals surface area contributed by atoms with Gasteiger partial charge in [-0.1, -0.05) is 13.8 Å². The largest absolute Gasteiger partial charge is 0.323 e. The van der Waals surface area contributed by atoms with Crippen LogP contribution in [0.4, 0.5) is 20.4 Å². The Balaban J connectivity index is 1.26. The van der Waals surface area contributed by atoms with Crippen LogP contribution in [0.15, 0.2) is 49.1 Å². The van der Waals surface area contributed by atoms with E-state index in [0.717, 1.165) is 34.1 Å². The average Bonchev–Trinajstić information content (AvgIpc) is 3.45. The zero-order valence-electron chi connectivity index (χ0n) is 19.8. The van der Waals surface area contributed by atoms with Gasteiger partial charge in [0, 0.05) is 49.6 Å². The average molecular weight is 479 g/mol. The van der Waals surface area contributed by atoms with Gasteiger partial charge in [-0.3, -0.25) is 14.6 Å². The summed E-state index contributed by atoms with van der Waals surface area (Å²) in [6.07, 6.45) is 8.05. The van der Waals surface area contributed by atoms with E-state index in [1.54, 1.807) is 12.4 Å². The van der Waals surface area contributed by atoms with Gasteiger partial charge >= 0.3 is 0 Å². The smallest absolute Gasteiger partial charge is 0.261 e. The summed E-state index contributed by atoms with van der Waals surface area (Å²) in [5.41, 5.74) is 4.49. The fourth-order valence-corrected chi connectivity index (χ4v) is 4.21. The maximum atomic E-state index is 13.3. The second kappa shape index (κ2) is 9.61. The molecule has 0 atom stereocenters. The van der Waals surface area contributed by atoms with Crippen LogP contribution in [-0.4, -0.2) is 60.4 Å². The van der Waals surface area contributed by atoms with E-state index in [9.17, 15) is 8.78 Å². The summed E-state index contributed by atoms with van der Waals surface area (Å²) >= 11 is 0. The molecule has 0 radical (unpaired) electrons. The fraction of sp³-hybridized carbons (Fsp3) is 0.400. The minimum Gasteiger partial charge on any atom is -0.323 e. The van der Waals surface area contributed by atoms with Gasteiger partial charge < -0.3 is 5.32 Å². The number of nitrogens with one attached hydrogen (secondary N) is 1. The van der Waals surface area contributed by atoms with Crippen molar-refractivity contribution in [1.29, 1.82) is 0 Å². The first-order valence-electron chi connectivity index (χ1n) is 11.8. The number of rotatable bonds is 8. The van der Waals surface area contributed by atoms with Gasteiger partial charge in [0.2, 0.25) is 0 Å². The van der Waals surface area contributed by atoms with Crippen LogP contribution in [0.25, 0.3) is 22.2 Å². The predicted molar refractivity (Wildman–Crippen MR) is 131 cm³/mol. The molecule has 182 valence electrons. The molecular weight excluding hydrogens is 450 g/mol. The van der Waals surface area contributed by atoms with E-state index in [1.807, 2.05) is 46.2 Å². The third kappa shape index (κ3) is 5.59. The Morgan fingerprint density at radius 3 is 2.71 bits per heavy atom. The van der Waals surface area contributed by atoms with Crippen LogP contribution in [0.3, 0.4) is 0 Å². The van der Waals surface area contributed by atoms with Crippen LogP contribution < -0.4 is 5.32 Å². The molecule has 4 aromatic heterocycles. The minimum absolute atomic E-state index is 0.0448. The van der Waals surface area contributed by atoms with Crippen molar-refractivity contribution in [1.82, 2.24) is 34.8 Å². The van der Waals surface area contributed by atoms with Crippen LogP contribution in [0.5, 0.6) is 0 Å². The van der Waals surface area contributed by atoms with Crippen LogP contribution in [0, 0.1) is 0 Å². The number of nitrogens with zero attached hydrogens (tertiary/aromatic N) is 7. The summed E-state index contributed by atoms with van der Waals surface area (Å²) in [7, 11) is 0. The predicted octanol–water partition coefficient (Wildman–Crippen LogP) is 4.88. The number of hydrogen-bond donors (Lipinski definition) is 1. The summed E-state index contributed by atoms with van der Waals surface area (Å²) in [6.45, 7) is 5.86. The quantitative estimate of drug-likeness (QED) is 0.386. The fourth-order valence-electron chi connectivity index (χ4n) is 4.21. The first-order chi connectivity index (χ1) is 16.8. The summed E-state index contributed by atoms with van der Waals surface area (Å²) in [5.74, 6) is -0.883. The van der Waals surface area contributed by atoms with Crippen molar-refractivity contribution in [2.45, 2.75) is 45.1 Å². The molecule has 0 bridgehead atoms. The lowest BCUT2D eigenvalue weighted by Crippen LogP contribution is -2.26.